The third-order valence-corrected chi connectivity index (χ3v) is 8.48. The minimum absolute atomic E-state index is 0.127. The number of ether oxygens (including phenoxy) is 1. The molecule has 3 rings (SSSR count). The molecule has 0 saturated heterocycles. The Bertz CT molecular complexity index is 443. The van der Waals surface area contributed by atoms with Crippen molar-refractivity contribution in [1.29, 1.82) is 0 Å². The number of carbonyl (C=O) groups is 1. The van der Waals surface area contributed by atoms with Crippen molar-refractivity contribution in [2.75, 3.05) is 0 Å². The third kappa shape index (κ3) is 4.84. The topological polar surface area (TPSA) is 26.3 Å². The van der Waals surface area contributed by atoms with Crippen LogP contribution >= 0.6 is 0 Å². The highest BCUT2D eigenvalue weighted by Crippen LogP contribution is 2.42. The zero-order valence-electron chi connectivity index (χ0n) is 17.7. The molecule has 0 amide bonds. The number of carbonyl (C=O) groups excluding carboxylic acids is 1. The lowest BCUT2D eigenvalue weighted by molar-refractivity contribution is -0.160. The summed E-state index contributed by atoms with van der Waals surface area (Å²) in [7, 11) is 0. The molecule has 0 bridgehead atoms. The Hall–Kier alpha value is -0.530. The van der Waals surface area contributed by atoms with Gasteiger partial charge in [0.15, 0.2) is 0 Å². The van der Waals surface area contributed by atoms with E-state index in [1.807, 2.05) is 0 Å². The van der Waals surface area contributed by atoms with Gasteiger partial charge in [0.25, 0.3) is 0 Å². The monoisotopic (exact) mass is 362 g/mol. The van der Waals surface area contributed by atoms with Crippen LogP contribution in [0.1, 0.15) is 98.3 Å². The van der Waals surface area contributed by atoms with Crippen molar-refractivity contribution < 1.29 is 9.53 Å². The van der Waals surface area contributed by atoms with Gasteiger partial charge in [-0.25, -0.2) is 0 Å². The lowest BCUT2D eigenvalue weighted by atomic mass is 9.69. The van der Waals surface area contributed by atoms with E-state index in [-0.39, 0.29) is 18.0 Å². The van der Waals surface area contributed by atoms with Crippen molar-refractivity contribution in [2.24, 2.45) is 41.4 Å². The summed E-state index contributed by atoms with van der Waals surface area (Å²) < 4.78 is 6.04. The quantitative estimate of drug-likeness (QED) is 0.525. The van der Waals surface area contributed by atoms with Crippen LogP contribution < -0.4 is 0 Å². The minimum Gasteiger partial charge on any atom is -0.462 e. The predicted molar refractivity (Wildman–Crippen MR) is 108 cm³/mol. The van der Waals surface area contributed by atoms with Crippen LogP contribution in [0.15, 0.2) is 0 Å². The lowest BCUT2D eigenvalue weighted by Gasteiger charge is -2.39. The summed E-state index contributed by atoms with van der Waals surface area (Å²) in [5.41, 5.74) is 0. The molecule has 3 aliphatic rings. The summed E-state index contributed by atoms with van der Waals surface area (Å²) in [5, 5.41) is 0. The van der Waals surface area contributed by atoms with Crippen molar-refractivity contribution in [3.63, 3.8) is 0 Å². The largest absolute Gasteiger partial charge is 0.462 e. The van der Waals surface area contributed by atoms with E-state index in [9.17, 15) is 4.79 Å². The molecular formula is C24H42O2. The molecule has 4 atom stereocenters. The summed E-state index contributed by atoms with van der Waals surface area (Å²) in [6.45, 7) is 9.40. The fourth-order valence-corrected chi connectivity index (χ4v) is 6.22. The highest BCUT2D eigenvalue weighted by molar-refractivity contribution is 5.72. The molecule has 4 unspecified atom stereocenters. The molecule has 3 fully saturated rings. The second-order valence-electron chi connectivity index (χ2n) is 10.2. The van der Waals surface area contributed by atoms with Crippen molar-refractivity contribution in [3.05, 3.63) is 0 Å². The van der Waals surface area contributed by atoms with Gasteiger partial charge < -0.3 is 4.74 Å². The van der Waals surface area contributed by atoms with Crippen LogP contribution in [0.4, 0.5) is 0 Å². The van der Waals surface area contributed by atoms with Crippen molar-refractivity contribution >= 4 is 5.97 Å². The molecule has 3 aliphatic carbocycles. The van der Waals surface area contributed by atoms with Gasteiger partial charge in [0, 0.05) is 0 Å². The van der Waals surface area contributed by atoms with Gasteiger partial charge in [0.1, 0.15) is 6.10 Å². The third-order valence-electron chi connectivity index (χ3n) is 8.48. The number of hydrogen-bond donors (Lipinski definition) is 0. The lowest BCUT2D eigenvalue weighted by Crippen LogP contribution is -2.37. The average molecular weight is 363 g/mol. The van der Waals surface area contributed by atoms with Crippen LogP contribution in [0.25, 0.3) is 0 Å². The van der Waals surface area contributed by atoms with E-state index >= 15 is 0 Å². The van der Waals surface area contributed by atoms with Gasteiger partial charge in [-0.3, -0.25) is 4.79 Å². The van der Waals surface area contributed by atoms with E-state index in [1.165, 1.54) is 44.9 Å². The SMILES string of the molecule is CCC1CC(OC(=O)C2CCC(C3CCC(C)CC3)CC2)CC(C)C1C. The summed E-state index contributed by atoms with van der Waals surface area (Å²) in [6, 6.07) is 0. The maximum atomic E-state index is 12.8. The van der Waals surface area contributed by atoms with Crippen molar-refractivity contribution in [2.45, 2.75) is 104 Å². The van der Waals surface area contributed by atoms with Gasteiger partial charge in [-0.05, 0) is 86.9 Å². The maximum Gasteiger partial charge on any atom is 0.309 e. The summed E-state index contributed by atoms with van der Waals surface area (Å²) in [5.74, 6) is 5.23. The molecule has 3 saturated carbocycles. The predicted octanol–water partition coefficient (Wildman–Crippen LogP) is 6.62. The number of rotatable bonds is 4. The molecule has 0 aromatic heterocycles. The molecule has 0 aromatic rings. The van der Waals surface area contributed by atoms with Crippen LogP contribution in [-0.2, 0) is 9.53 Å². The minimum atomic E-state index is 0.127. The van der Waals surface area contributed by atoms with Crippen molar-refractivity contribution in [3.8, 4) is 0 Å². The summed E-state index contributed by atoms with van der Waals surface area (Å²) in [4.78, 5) is 12.8. The molecule has 0 spiro atoms. The van der Waals surface area contributed by atoms with Crippen LogP contribution in [0.5, 0.6) is 0 Å². The summed E-state index contributed by atoms with van der Waals surface area (Å²) >= 11 is 0. The van der Waals surface area contributed by atoms with Gasteiger partial charge in [0.05, 0.1) is 5.92 Å². The smallest absolute Gasteiger partial charge is 0.309 e. The Kier molecular flexibility index (Phi) is 7.08. The average Bonchev–Trinajstić information content (AvgIpc) is 2.65. The molecule has 2 heteroatoms. The highest BCUT2D eigenvalue weighted by atomic mass is 16.5. The van der Waals surface area contributed by atoms with Crippen LogP contribution in [-0.4, -0.2) is 12.1 Å². The fourth-order valence-electron chi connectivity index (χ4n) is 6.22. The zero-order valence-corrected chi connectivity index (χ0v) is 17.7. The van der Waals surface area contributed by atoms with Crippen LogP contribution in [0.3, 0.4) is 0 Å². The van der Waals surface area contributed by atoms with E-state index in [4.69, 9.17) is 4.74 Å². The molecule has 2 nitrogen and oxygen atoms in total. The first-order chi connectivity index (χ1) is 12.5. The van der Waals surface area contributed by atoms with Crippen molar-refractivity contribution in [1.82, 2.24) is 0 Å². The second-order valence-corrected chi connectivity index (χ2v) is 10.2. The van der Waals surface area contributed by atoms with E-state index in [1.54, 1.807) is 0 Å². The van der Waals surface area contributed by atoms with Gasteiger partial charge >= 0.3 is 5.97 Å². The Balaban J connectivity index is 1.43. The van der Waals surface area contributed by atoms with E-state index in [0.717, 1.165) is 55.3 Å². The summed E-state index contributed by atoms with van der Waals surface area (Å²) in [6.07, 6.45) is 13.9. The standard InChI is InChI=1S/C24H42O2/c1-5-19-15-23(14-17(3)18(19)4)26-24(25)22-12-10-21(11-13-22)20-8-6-16(2)7-9-20/h16-23H,5-15H2,1-4H3. The Labute approximate surface area is 161 Å². The molecule has 0 N–H and O–H groups in total. The van der Waals surface area contributed by atoms with Crippen LogP contribution in [0.2, 0.25) is 0 Å². The van der Waals surface area contributed by atoms with E-state index < -0.39 is 0 Å². The first-order valence-electron chi connectivity index (χ1n) is 11.7. The van der Waals surface area contributed by atoms with Crippen LogP contribution in [0, 0.1) is 41.4 Å². The molecule has 0 aliphatic heterocycles. The normalized spacial score (nSPS) is 44.5. The molecule has 150 valence electrons. The zero-order chi connectivity index (χ0) is 18.7. The fraction of sp³-hybridized carbons (Fsp3) is 0.958. The molecule has 0 aromatic carbocycles. The Morgan fingerprint density at radius 1 is 0.846 bits per heavy atom. The Morgan fingerprint density at radius 2 is 1.42 bits per heavy atom. The maximum absolute atomic E-state index is 12.8. The molecule has 0 heterocycles. The molecule has 0 radical (unpaired) electrons. The first kappa shape index (κ1) is 20.2. The highest BCUT2D eigenvalue weighted by Gasteiger charge is 2.37. The molecule has 26 heavy (non-hydrogen) atoms. The number of hydrogen-bond acceptors (Lipinski definition) is 2. The van der Waals surface area contributed by atoms with Gasteiger partial charge in [-0.2, -0.15) is 0 Å². The van der Waals surface area contributed by atoms with E-state index in [2.05, 4.69) is 27.7 Å². The molecular weight excluding hydrogens is 320 g/mol. The van der Waals surface area contributed by atoms with Gasteiger partial charge in [0.2, 0.25) is 0 Å². The first-order valence-corrected chi connectivity index (χ1v) is 11.7. The Morgan fingerprint density at radius 3 is 2.00 bits per heavy atom. The van der Waals surface area contributed by atoms with Gasteiger partial charge in [-0.1, -0.05) is 47.0 Å². The number of esters is 1. The van der Waals surface area contributed by atoms with E-state index in [0.29, 0.717) is 5.92 Å². The van der Waals surface area contributed by atoms with Gasteiger partial charge in [-0.15, -0.1) is 0 Å². The second kappa shape index (κ2) is 9.11.